The number of halogens is 1. The number of imidazole rings is 1. The number of carbonyl (C=O) groups is 1. The second-order valence-corrected chi connectivity index (χ2v) is 6.29. The number of anilines is 1. The lowest BCUT2D eigenvalue weighted by molar-refractivity contribution is 0.252. The SMILES string of the molecule is Cc1cc(-c2ccc3nc(N4CCNC4=O)cn3c2)cnn1.O=C=NCCCl. The van der Waals surface area contributed by atoms with Crippen LogP contribution in [0.25, 0.3) is 16.8 Å². The van der Waals surface area contributed by atoms with Crippen LogP contribution in [0.5, 0.6) is 0 Å². The molecule has 1 N–H and O–H groups in total. The molecule has 1 fully saturated rings. The van der Waals surface area contributed by atoms with E-state index in [1.165, 1.54) is 6.08 Å². The van der Waals surface area contributed by atoms with Crippen molar-refractivity contribution in [2.24, 2.45) is 4.99 Å². The van der Waals surface area contributed by atoms with Crippen molar-refractivity contribution >= 4 is 35.2 Å². The highest BCUT2D eigenvalue weighted by Crippen LogP contribution is 2.22. The fourth-order valence-electron chi connectivity index (χ4n) is 2.69. The largest absolute Gasteiger partial charge is 0.336 e. The summed E-state index contributed by atoms with van der Waals surface area (Å²) < 4.78 is 1.92. The summed E-state index contributed by atoms with van der Waals surface area (Å²) in [5, 5.41) is 10.7. The fraction of sp³-hybridized carbons (Fsp3) is 0.278. The van der Waals surface area contributed by atoms with Gasteiger partial charge in [-0.15, -0.1) is 11.6 Å². The molecule has 0 radical (unpaired) electrons. The third kappa shape index (κ3) is 4.51. The average Bonchev–Trinajstić information content (AvgIpc) is 3.31. The van der Waals surface area contributed by atoms with Crippen molar-refractivity contribution in [3.05, 3.63) is 42.5 Å². The van der Waals surface area contributed by atoms with Gasteiger partial charge in [-0.2, -0.15) is 10.2 Å². The molecule has 0 saturated carbocycles. The van der Waals surface area contributed by atoms with E-state index in [-0.39, 0.29) is 6.03 Å². The van der Waals surface area contributed by atoms with E-state index in [4.69, 9.17) is 11.6 Å². The Labute approximate surface area is 166 Å². The molecule has 0 aliphatic carbocycles. The van der Waals surface area contributed by atoms with E-state index in [0.29, 0.717) is 31.3 Å². The Hall–Kier alpha value is -3.29. The van der Waals surface area contributed by atoms with E-state index in [1.807, 2.05) is 41.9 Å². The predicted octanol–water partition coefficient (Wildman–Crippen LogP) is 2.19. The smallest absolute Gasteiger partial charge is 0.323 e. The second-order valence-electron chi connectivity index (χ2n) is 5.91. The van der Waals surface area contributed by atoms with Crippen LogP contribution in [0.4, 0.5) is 10.6 Å². The van der Waals surface area contributed by atoms with Crippen molar-refractivity contribution in [2.45, 2.75) is 6.92 Å². The number of hydrogen-bond donors (Lipinski definition) is 1. The first kappa shape index (κ1) is 19.5. The molecule has 1 saturated heterocycles. The van der Waals surface area contributed by atoms with E-state index < -0.39 is 0 Å². The minimum atomic E-state index is -0.0995. The van der Waals surface area contributed by atoms with Gasteiger partial charge in [-0.05, 0) is 25.1 Å². The number of nitrogens with one attached hydrogen (secondary N) is 1. The number of pyridine rings is 1. The van der Waals surface area contributed by atoms with E-state index >= 15 is 0 Å². The van der Waals surface area contributed by atoms with E-state index in [2.05, 4.69) is 25.5 Å². The molecule has 2 amide bonds. The van der Waals surface area contributed by atoms with Gasteiger partial charge in [0.1, 0.15) is 5.65 Å². The molecule has 4 heterocycles. The molecular weight excluding hydrogens is 382 g/mol. The average molecular weight is 400 g/mol. The van der Waals surface area contributed by atoms with Crippen molar-refractivity contribution in [2.75, 3.05) is 30.4 Å². The number of carbonyl (C=O) groups excluding carboxylic acids is 2. The van der Waals surface area contributed by atoms with Crippen molar-refractivity contribution < 1.29 is 9.59 Å². The summed E-state index contributed by atoms with van der Waals surface area (Å²) in [4.78, 5) is 30.2. The lowest BCUT2D eigenvalue weighted by Gasteiger charge is -2.08. The molecular formula is C18H18ClN7O2. The van der Waals surface area contributed by atoms with E-state index in [1.54, 1.807) is 11.1 Å². The first-order valence-electron chi connectivity index (χ1n) is 8.56. The molecule has 1 aliphatic rings. The van der Waals surface area contributed by atoms with Gasteiger partial charge < -0.3 is 9.72 Å². The zero-order valence-electron chi connectivity index (χ0n) is 15.2. The number of rotatable bonds is 4. The summed E-state index contributed by atoms with van der Waals surface area (Å²) in [7, 11) is 0. The number of fused-ring (bicyclic) bond motifs is 1. The lowest BCUT2D eigenvalue weighted by atomic mass is 10.1. The van der Waals surface area contributed by atoms with Crippen LogP contribution in [0.15, 0.2) is 41.8 Å². The van der Waals surface area contributed by atoms with E-state index in [9.17, 15) is 9.59 Å². The molecule has 0 aromatic carbocycles. The quantitative estimate of drug-likeness (QED) is 0.411. The summed E-state index contributed by atoms with van der Waals surface area (Å²) in [6.45, 7) is 3.59. The molecule has 3 aromatic heterocycles. The molecule has 4 rings (SSSR count). The van der Waals surface area contributed by atoms with Crippen molar-refractivity contribution in [3.8, 4) is 11.1 Å². The molecule has 144 valence electrons. The van der Waals surface area contributed by atoms with Crippen LogP contribution >= 0.6 is 11.6 Å². The Morgan fingerprint density at radius 2 is 2.18 bits per heavy atom. The molecule has 1 aliphatic heterocycles. The molecule has 9 nitrogen and oxygen atoms in total. The highest BCUT2D eigenvalue weighted by atomic mass is 35.5. The lowest BCUT2D eigenvalue weighted by Crippen LogP contribution is -2.27. The van der Waals surface area contributed by atoms with Crippen molar-refractivity contribution in [1.29, 1.82) is 0 Å². The third-order valence-electron chi connectivity index (χ3n) is 3.94. The zero-order chi connectivity index (χ0) is 19.9. The number of aliphatic imine (C=N–C) groups is 1. The molecule has 0 atom stereocenters. The van der Waals surface area contributed by atoms with Crippen LogP contribution < -0.4 is 10.2 Å². The molecule has 0 spiro atoms. The van der Waals surface area contributed by atoms with Gasteiger partial charge >= 0.3 is 6.03 Å². The Balaban J connectivity index is 0.000000330. The van der Waals surface area contributed by atoms with Crippen LogP contribution in [0.1, 0.15) is 5.69 Å². The second kappa shape index (κ2) is 9.07. The zero-order valence-corrected chi connectivity index (χ0v) is 15.9. The van der Waals surface area contributed by atoms with Crippen molar-refractivity contribution in [3.63, 3.8) is 0 Å². The van der Waals surface area contributed by atoms with Gasteiger partial charge in [0.2, 0.25) is 6.08 Å². The van der Waals surface area contributed by atoms with E-state index in [0.717, 1.165) is 22.5 Å². The summed E-state index contributed by atoms with van der Waals surface area (Å²) in [6.07, 6.45) is 6.94. The van der Waals surface area contributed by atoms with Gasteiger partial charge in [-0.25, -0.2) is 19.6 Å². The highest BCUT2D eigenvalue weighted by Gasteiger charge is 2.23. The Morgan fingerprint density at radius 3 is 2.82 bits per heavy atom. The third-order valence-corrected chi connectivity index (χ3v) is 4.11. The van der Waals surface area contributed by atoms with Crippen LogP contribution in [0.3, 0.4) is 0 Å². The number of isocyanates is 1. The summed E-state index contributed by atoms with van der Waals surface area (Å²) >= 11 is 5.11. The number of aryl methyl sites for hydroxylation is 1. The number of amides is 2. The fourth-order valence-corrected chi connectivity index (χ4v) is 2.77. The first-order valence-corrected chi connectivity index (χ1v) is 9.09. The number of alkyl halides is 1. The summed E-state index contributed by atoms with van der Waals surface area (Å²) in [5.74, 6) is 1.06. The molecule has 3 aromatic rings. The maximum Gasteiger partial charge on any atom is 0.323 e. The topological polar surface area (TPSA) is 105 Å². The standard InChI is InChI=1S/C15H14N6O.C3H4ClNO/c1-10-6-12(7-17-19-10)11-2-3-13-18-14(9-20(13)8-11)21-5-4-16-15(21)22;4-1-2-5-3-6/h2-3,6-9H,4-5H2,1H3,(H,16,22);1-2H2. The molecule has 10 heteroatoms. The van der Waals surface area contributed by atoms with Crippen LogP contribution in [-0.4, -0.2) is 57.2 Å². The van der Waals surface area contributed by atoms with Gasteiger partial charge in [0.15, 0.2) is 5.82 Å². The van der Waals surface area contributed by atoms with Gasteiger partial charge in [-0.3, -0.25) is 4.90 Å². The Morgan fingerprint density at radius 1 is 1.32 bits per heavy atom. The number of aromatic nitrogens is 4. The van der Waals surface area contributed by atoms with Gasteiger partial charge in [0, 0.05) is 36.3 Å². The monoisotopic (exact) mass is 399 g/mol. The van der Waals surface area contributed by atoms with Gasteiger partial charge in [-0.1, -0.05) is 0 Å². The summed E-state index contributed by atoms with van der Waals surface area (Å²) in [5.41, 5.74) is 3.71. The molecule has 0 bridgehead atoms. The van der Waals surface area contributed by atoms with Crippen LogP contribution in [-0.2, 0) is 4.79 Å². The number of hydrogen-bond acceptors (Lipinski definition) is 6. The van der Waals surface area contributed by atoms with Crippen LogP contribution in [0, 0.1) is 6.92 Å². The van der Waals surface area contributed by atoms with Crippen molar-refractivity contribution in [1.82, 2.24) is 24.9 Å². The van der Waals surface area contributed by atoms with Gasteiger partial charge in [0.05, 0.1) is 24.6 Å². The minimum Gasteiger partial charge on any atom is -0.336 e. The minimum absolute atomic E-state index is 0.0995. The normalized spacial score (nSPS) is 12.9. The Bertz CT molecular complexity index is 1030. The maximum absolute atomic E-state index is 11.7. The predicted molar refractivity (Wildman–Crippen MR) is 105 cm³/mol. The Kier molecular flexibility index (Phi) is 6.31. The summed E-state index contributed by atoms with van der Waals surface area (Å²) in [6, 6.07) is 5.81. The molecule has 0 unspecified atom stereocenters. The maximum atomic E-state index is 11.7. The van der Waals surface area contributed by atoms with Gasteiger partial charge in [0.25, 0.3) is 0 Å². The van der Waals surface area contributed by atoms with Crippen LogP contribution in [0.2, 0.25) is 0 Å². The number of urea groups is 1. The highest BCUT2D eigenvalue weighted by molar-refractivity contribution is 6.18. The first-order chi connectivity index (χ1) is 13.6. The molecule has 28 heavy (non-hydrogen) atoms. The number of nitrogens with zero attached hydrogens (tertiary/aromatic N) is 6.